The zero-order valence-corrected chi connectivity index (χ0v) is 25.2. The van der Waals surface area contributed by atoms with E-state index in [0.717, 1.165) is 54.3 Å². The number of amides is 2. The summed E-state index contributed by atoms with van der Waals surface area (Å²) in [5.41, 5.74) is 0.896. The summed E-state index contributed by atoms with van der Waals surface area (Å²) in [6.45, 7) is 3.31. The van der Waals surface area contributed by atoms with Crippen LogP contribution in [0.3, 0.4) is 0 Å². The molecule has 0 radical (unpaired) electrons. The quantitative estimate of drug-likeness (QED) is 0.288. The Balaban J connectivity index is 1.69. The molecule has 1 fully saturated rings. The zero-order valence-electron chi connectivity index (χ0n) is 23.6. The number of hydrogen-bond acceptors (Lipinski definition) is 5. The van der Waals surface area contributed by atoms with Gasteiger partial charge < -0.3 is 15.0 Å². The minimum atomic E-state index is -4.31. The highest BCUT2D eigenvalue weighted by molar-refractivity contribution is 7.92. The maximum Gasteiger partial charge on any atom is 0.264 e. The van der Waals surface area contributed by atoms with Gasteiger partial charge in [-0.1, -0.05) is 36.6 Å². The summed E-state index contributed by atoms with van der Waals surface area (Å²) >= 11 is 6.19. The molecule has 0 aliphatic heterocycles. The summed E-state index contributed by atoms with van der Waals surface area (Å²) in [5, 5.41) is 3.51. The van der Waals surface area contributed by atoms with E-state index in [2.05, 4.69) is 5.32 Å². The van der Waals surface area contributed by atoms with Crippen molar-refractivity contribution >= 4 is 39.1 Å². The number of halogens is 2. The van der Waals surface area contributed by atoms with Crippen LogP contribution in [-0.2, 0) is 26.2 Å². The second-order valence-electron chi connectivity index (χ2n) is 10.2. The number of rotatable bonds is 12. The van der Waals surface area contributed by atoms with Gasteiger partial charge in [-0.25, -0.2) is 12.8 Å². The lowest BCUT2D eigenvalue weighted by molar-refractivity contribution is -0.139. The van der Waals surface area contributed by atoms with Crippen molar-refractivity contribution in [2.75, 3.05) is 17.5 Å². The summed E-state index contributed by atoms with van der Waals surface area (Å²) in [7, 11) is -4.31. The second-order valence-corrected chi connectivity index (χ2v) is 12.5. The van der Waals surface area contributed by atoms with Gasteiger partial charge in [-0.3, -0.25) is 13.9 Å². The fourth-order valence-corrected chi connectivity index (χ4v) is 6.57. The highest BCUT2D eigenvalue weighted by Gasteiger charge is 2.33. The topological polar surface area (TPSA) is 96.0 Å². The van der Waals surface area contributed by atoms with Crippen LogP contribution >= 0.6 is 11.6 Å². The standard InChI is InChI=1S/C31H35ClFN3O5S/c1-3-41-28-15-13-27(14-16-28)36(42(39,40)29-17-11-25(33)12-18-29)21-30(37)35(20-23-7-6-8-24(32)19-23)22(2)31(38)34-26-9-4-5-10-26/h6-8,11-19,22,26H,3-5,9-10,20-21H2,1-2H3,(H,34,38)/t22-/m1/s1. The Morgan fingerprint density at radius 1 is 1.05 bits per heavy atom. The molecule has 0 spiro atoms. The van der Waals surface area contributed by atoms with E-state index >= 15 is 0 Å². The third kappa shape index (κ3) is 7.80. The Bertz CT molecular complexity index is 1480. The van der Waals surface area contributed by atoms with Gasteiger partial charge in [-0.2, -0.15) is 0 Å². The maximum absolute atomic E-state index is 14.0. The number of ether oxygens (including phenoxy) is 1. The maximum atomic E-state index is 14.0. The lowest BCUT2D eigenvalue weighted by Gasteiger charge is -2.32. The van der Waals surface area contributed by atoms with E-state index in [0.29, 0.717) is 22.9 Å². The van der Waals surface area contributed by atoms with E-state index in [-0.39, 0.29) is 29.1 Å². The molecule has 224 valence electrons. The number of nitrogens with one attached hydrogen (secondary N) is 1. The monoisotopic (exact) mass is 615 g/mol. The minimum absolute atomic E-state index is 0.0341. The van der Waals surface area contributed by atoms with Crippen LogP contribution in [0.5, 0.6) is 5.75 Å². The van der Waals surface area contributed by atoms with Gasteiger partial charge in [-0.05, 0) is 92.9 Å². The summed E-state index contributed by atoms with van der Waals surface area (Å²) < 4.78 is 47.8. The molecule has 3 aromatic carbocycles. The van der Waals surface area contributed by atoms with Crippen LogP contribution in [0.15, 0.2) is 77.7 Å². The molecule has 1 saturated carbocycles. The molecule has 0 heterocycles. The molecule has 2 amide bonds. The largest absolute Gasteiger partial charge is 0.494 e. The molecule has 3 aromatic rings. The minimum Gasteiger partial charge on any atom is -0.494 e. The van der Waals surface area contributed by atoms with Gasteiger partial charge in [0.05, 0.1) is 17.2 Å². The van der Waals surface area contributed by atoms with E-state index < -0.39 is 34.3 Å². The molecule has 0 unspecified atom stereocenters. The Morgan fingerprint density at radius 3 is 2.33 bits per heavy atom. The van der Waals surface area contributed by atoms with E-state index in [1.165, 1.54) is 17.0 Å². The van der Waals surface area contributed by atoms with E-state index in [9.17, 15) is 22.4 Å². The number of nitrogens with zero attached hydrogens (tertiary/aromatic N) is 2. The first-order valence-corrected chi connectivity index (χ1v) is 15.8. The SMILES string of the molecule is CCOc1ccc(N(CC(=O)N(Cc2cccc(Cl)c2)[C@H](C)C(=O)NC2CCCC2)S(=O)(=O)c2ccc(F)cc2)cc1. The molecule has 1 aliphatic carbocycles. The van der Waals surface area contributed by atoms with Crippen LogP contribution in [0.25, 0.3) is 0 Å². The number of carbonyl (C=O) groups excluding carboxylic acids is 2. The van der Waals surface area contributed by atoms with Gasteiger partial charge in [0.1, 0.15) is 24.2 Å². The van der Waals surface area contributed by atoms with E-state index in [1.807, 2.05) is 6.92 Å². The molecule has 1 aliphatic rings. The Hall–Kier alpha value is -3.63. The number of anilines is 1. The molecule has 4 rings (SSSR count). The lowest BCUT2D eigenvalue weighted by Crippen LogP contribution is -2.52. The van der Waals surface area contributed by atoms with Gasteiger partial charge in [0.2, 0.25) is 11.8 Å². The van der Waals surface area contributed by atoms with Gasteiger partial charge in [0, 0.05) is 17.6 Å². The van der Waals surface area contributed by atoms with Crippen molar-refractivity contribution in [2.45, 2.75) is 63.1 Å². The fraction of sp³-hybridized carbons (Fsp3) is 0.355. The van der Waals surface area contributed by atoms with Crippen LogP contribution in [0.2, 0.25) is 5.02 Å². The Kier molecular flexibility index (Phi) is 10.5. The summed E-state index contributed by atoms with van der Waals surface area (Å²) in [5.74, 6) is -0.964. The van der Waals surface area contributed by atoms with E-state index in [4.69, 9.17) is 16.3 Å². The molecule has 8 nitrogen and oxygen atoms in total. The fourth-order valence-electron chi connectivity index (χ4n) is 4.94. The van der Waals surface area contributed by atoms with Crippen molar-refractivity contribution in [1.29, 1.82) is 0 Å². The number of sulfonamides is 1. The smallest absolute Gasteiger partial charge is 0.264 e. The molecule has 0 aromatic heterocycles. The molecule has 11 heteroatoms. The van der Waals surface area contributed by atoms with Gasteiger partial charge in [-0.15, -0.1) is 0 Å². The van der Waals surface area contributed by atoms with Crippen molar-refractivity contribution in [2.24, 2.45) is 0 Å². The van der Waals surface area contributed by atoms with Crippen LogP contribution < -0.4 is 14.4 Å². The van der Waals surface area contributed by atoms with Gasteiger partial charge >= 0.3 is 0 Å². The molecule has 0 bridgehead atoms. The lowest BCUT2D eigenvalue weighted by atomic mass is 10.1. The summed E-state index contributed by atoms with van der Waals surface area (Å²) in [6.07, 6.45) is 3.82. The van der Waals surface area contributed by atoms with Crippen LogP contribution in [-0.4, -0.2) is 50.4 Å². The molecular weight excluding hydrogens is 581 g/mol. The first-order chi connectivity index (χ1) is 20.1. The first kappa shape index (κ1) is 31.3. The molecular formula is C31H35ClFN3O5S. The zero-order chi connectivity index (χ0) is 30.3. The molecule has 1 N–H and O–H groups in total. The highest BCUT2D eigenvalue weighted by atomic mass is 35.5. The summed E-state index contributed by atoms with van der Waals surface area (Å²) in [4.78, 5) is 28.5. The Labute approximate surface area is 251 Å². The summed E-state index contributed by atoms with van der Waals surface area (Å²) in [6, 6.07) is 16.8. The van der Waals surface area contributed by atoms with Crippen LogP contribution in [0, 0.1) is 5.82 Å². The molecule has 0 saturated heterocycles. The predicted molar refractivity (Wildman–Crippen MR) is 160 cm³/mol. The number of benzene rings is 3. The van der Waals surface area contributed by atoms with Crippen molar-refractivity contribution in [1.82, 2.24) is 10.2 Å². The van der Waals surface area contributed by atoms with Gasteiger partial charge in [0.25, 0.3) is 10.0 Å². The molecule has 42 heavy (non-hydrogen) atoms. The third-order valence-electron chi connectivity index (χ3n) is 7.23. The van der Waals surface area contributed by atoms with Crippen molar-refractivity contribution < 1.29 is 27.1 Å². The van der Waals surface area contributed by atoms with Crippen molar-refractivity contribution in [3.05, 3.63) is 89.2 Å². The first-order valence-electron chi connectivity index (χ1n) is 13.9. The second kappa shape index (κ2) is 14.0. The van der Waals surface area contributed by atoms with E-state index in [1.54, 1.807) is 43.3 Å². The Morgan fingerprint density at radius 2 is 1.71 bits per heavy atom. The van der Waals surface area contributed by atoms with Gasteiger partial charge in [0.15, 0.2) is 0 Å². The highest BCUT2D eigenvalue weighted by Crippen LogP contribution is 2.27. The molecule has 1 atom stereocenters. The number of carbonyl (C=O) groups is 2. The average molecular weight is 616 g/mol. The van der Waals surface area contributed by atoms with Crippen molar-refractivity contribution in [3.8, 4) is 5.75 Å². The third-order valence-corrected chi connectivity index (χ3v) is 9.25. The predicted octanol–water partition coefficient (Wildman–Crippen LogP) is 5.55. The normalized spacial score (nSPS) is 14.3. The van der Waals surface area contributed by atoms with Crippen molar-refractivity contribution in [3.63, 3.8) is 0 Å². The average Bonchev–Trinajstić information content (AvgIpc) is 3.48. The number of hydrogen-bond donors (Lipinski definition) is 1. The van der Waals surface area contributed by atoms with Crippen LogP contribution in [0.4, 0.5) is 10.1 Å². The van der Waals surface area contributed by atoms with Crippen LogP contribution in [0.1, 0.15) is 45.1 Å².